The van der Waals surface area contributed by atoms with E-state index in [1.807, 2.05) is 12.1 Å². The molecule has 1 fully saturated rings. The number of aromatic hydroxyl groups is 1. The van der Waals surface area contributed by atoms with E-state index < -0.39 is 0 Å². The number of nitrogens with one attached hydrogen (secondary N) is 1. The van der Waals surface area contributed by atoms with E-state index in [1.54, 1.807) is 12.1 Å². The zero-order valence-electron chi connectivity index (χ0n) is 11.1. The monoisotopic (exact) mass is 262 g/mol. The Balaban J connectivity index is 1.75. The first-order chi connectivity index (χ1) is 9.16. The molecular weight excluding hydrogens is 240 g/mol. The van der Waals surface area contributed by atoms with Crippen LogP contribution in [-0.4, -0.2) is 23.6 Å². The maximum absolute atomic E-state index is 12.0. The van der Waals surface area contributed by atoms with E-state index in [2.05, 4.69) is 5.32 Å². The quantitative estimate of drug-likeness (QED) is 0.771. The number of carbonyl (C=O) groups is 1. The molecule has 2 rings (SSSR count). The van der Waals surface area contributed by atoms with Gasteiger partial charge in [0.1, 0.15) is 5.75 Å². The van der Waals surface area contributed by atoms with Gasteiger partial charge in [0.15, 0.2) is 0 Å². The molecule has 0 aliphatic heterocycles. The summed E-state index contributed by atoms with van der Waals surface area (Å²) in [5, 5.41) is 12.2. The molecule has 0 spiro atoms. The van der Waals surface area contributed by atoms with Gasteiger partial charge in [0.2, 0.25) is 5.91 Å². The lowest BCUT2D eigenvalue weighted by Gasteiger charge is -2.27. The minimum absolute atomic E-state index is 0.0161. The lowest BCUT2D eigenvalue weighted by Crippen LogP contribution is -2.44. The fraction of sp³-hybridized carbons (Fsp3) is 0.533. The molecule has 1 aromatic carbocycles. The van der Waals surface area contributed by atoms with Gasteiger partial charge in [-0.15, -0.1) is 0 Å². The molecule has 0 radical (unpaired) electrons. The van der Waals surface area contributed by atoms with Crippen LogP contribution in [0, 0.1) is 5.92 Å². The fourth-order valence-electron chi connectivity index (χ4n) is 2.61. The van der Waals surface area contributed by atoms with Crippen molar-refractivity contribution in [3.8, 4) is 5.75 Å². The summed E-state index contributed by atoms with van der Waals surface area (Å²) < 4.78 is 0. The third kappa shape index (κ3) is 3.96. The lowest BCUT2D eigenvalue weighted by molar-refractivity contribution is -0.126. The Hall–Kier alpha value is -1.55. The number of phenolic OH excluding ortho intramolecular Hbond substituents is 1. The molecule has 1 saturated carbocycles. The van der Waals surface area contributed by atoms with Gasteiger partial charge in [-0.25, -0.2) is 0 Å². The molecule has 0 saturated heterocycles. The maximum Gasteiger partial charge on any atom is 0.224 e. The Morgan fingerprint density at radius 3 is 2.63 bits per heavy atom. The standard InChI is InChI=1S/C15H22N2O2/c16-14-4-2-1-3-13(14)15(19)17-10-9-11-5-7-12(18)8-6-11/h5-8,13-14,18H,1-4,9-10,16H2,(H,17,19). The third-order valence-electron chi connectivity index (χ3n) is 3.81. The van der Waals surface area contributed by atoms with Gasteiger partial charge in [-0.2, -0.15) is 0 Å². The first kappa shape index (κ1) is 13.9. The average Bonchev–Trinajstić information content (AvgIpc) is 2.41. The highest BCUT2D eigenvalue weighted by molar-refractivity contribution is 5.79. The van der Waals surface area contributed by atoms with Gasteiger partial charge in [-0.3, -0.25) is 4.79 Å². The van der Waals surface area contributed by atoms with Gasteiger partial charge in [-0.05, 0) is 37.0 Å². The highest BCUT2D eigenvalue weighted by Crippen LogP contribution is 2.22. The Labute approximate surface area is 114 Å². The molecule has 0 heterocycles. The third-order valence-corrected chi connectivity index (χ3v) is 3.81. The number of nitrogens with two attached hydrogens (primary N) is 1. The first-order valence-corrected chi connectivity index (χ1v) is 6.98. The van der Waals surface area contributed by atoms with E-state index in [0.717, 1.165) is 37.7 Å². The zero-order valence-corrected chi connectivity index (χ0v) is 11.1. The number of phenols is 1. The molecule has 1 aromatic rings. The van der Waals surface area contributed by atoms with Crippen molar-refractivity contribution in [2.75, 3.05) is 6.54 Å². The highest BCUT2D eigenvalue weighted by Gasteiger charge is 2.27. The van der Waals surface area contributed by atoms with Gasteiger partial charge >= 0.3 is 0 Å². The predicted octanol–water partition coefficient (Wildman–Crippen LogP) is 1.57. The van der Waals surface area contributed by atoms with Gasteiger partial charge in [0, 0.05) is 12.6 Å². The number of benzene rings is 1. The molecule has 1 aliphatic rings. The van der Waals surface area contributed by atoms with E-state index in [1.165, 1.54) is 0 Å². The maximum atomic E-state index is 12.0. The second kappa shape index (κ2) is 6.57. The van der Waals surface area contributed by atoms with Crippen LogP contribution in [-0.2, 0) is 11.2 Å². The fourth-order valence-corrected chi connectivity index (χ4v) is 2.61. The SMILES string of the molecule is NC1CCCCC1C(=O)NCCc1ccc(O)cc1. The second-order valence-corrected chi connectivity index (χ2v) is 5.26. The van der Waals surface area contributed by atoms with Gasteiger partial charge in [0.05, 0.1) is 5.92 Å². The molecular formula is C15H22N2O2. The van der Waals surface area contributed by atoms with Gasteiger partial charge in [-0.1, -0.05) is 25.0 Å². The van der Waals surface area contributed by atoms with E-state index in [4.69, 9.17) is 5.73 Å². The van der Waals surface area contributed by atoms with E-state index in [9.17, 15) is 9.90 Å². The molecule has 4 heteroatoms. The summed E-state index contributed by atoms with van der Waals surface area (Å²) in [7, 11) is 0. The van der Waals surface area contributed by atoms with E-state index in [-0.39, 0.29) is 23.6 Å². The molecule has 104 valence electrons. The Morgan fingerprint density at radius 2 is 1.95 bits per heavy atom. The van der Waals surface area contributed by atoms with Crippen LogP contribution < -0.4 is 11.1 Å². The van der Waals surface area contributed by atoms with Crippen molar-refractivity contribution in [1.29, 1.82) is 0 Å². The number of carbonyl (C=O) groups excluding carboxylic acids is 1. The zero-order chi connectivity index (χ0) is 13.7. The van der Waals surface area contributed by atoms with Crippen LogP contribution in [0.1, 0.15) is 31.2 Å². The molecule has 2 atom stereocenters. The summed E-state index contributed by atoms with van der Waals surface area (Å²) >= 11 is 0. The van der Waals surface area contributed by atoms with Gasteiger partial charge < -0.3 is 16.2 Å². The molecule has 1 amide bonds. The number of amides is 1. The van der Waals surface area contributed by atoms with Crippen molar-refractivity contribution < 1.29 is 9.90 Å². The van der Waals surface area contributed by atoms with Crippen LogP contribution in [0.25, 0.3) is 0 Å². The van der Waals surface area contributed by atoms with Crippen LogP contribution in [0.15, 0.2) is 24.3 Å². The summed E-state index contributed by atoms with van der Waals surface area (Å²) in [6, 6.07) is 7.08. The molecule has 4 nitrogen and oxygen atoms in total. The van der Waals surface area contributed by atoms with Crippen molar-refractivity contribution >= 4 is 5.91 Å². The van der Waals surface area contributed by atoms with Crippen molar-refractivity contribution in [3.63, 3.8) is 0 Å². The summed E-state index contributed by atoms with van der Waals surface area (Å²) in [4.78, 5) is 12.0. The summed E-state index contributed by atoms with van der Waals surface area (Å²) in [6.45, 7) is 0.618. The normalized spacial score (nSPS) is 23.0. The van der Waals surface area contributed by atoms with Crippen LogP contribution in [0.3, 0.4) is 0 Å². The minimum atomic E-state index is -0.0198. The van der Waals surface area contributed by atoms with Crippen molar-refractivity contribution in [2.24, 2.45) is 11.7 Å². The molecule has 0 bridgehead atoms. The van der Waals surface area contributed by atoms with Crippen molar-refractivity contribution in [1.82, 2.24) is 5.32 Å². The first-order valence-electron chi connectivity index (χ1n) is 6.98. The van der Waals surface area contributed by atoms with Crippen molar-refractivity contribution in [2.45, 2.75) is 38.1 Å². The number of rotatable bonds is 4. The summed E-state index contributed by atoms with van der Waals surface area (Å²) in [5.74, 6) is 0.334. The lowest BCUT2D eigenvalue weighted by atomic mass is 9.84. The molecule has 2 unspecified atom stereocenters. The van der Waals surface area contributed by atoms with Crippen LogP contribution in [0.2, 0.25) is 0 Å². The van der Waals surface area contributed by atoms with Crippen molar-refractivity contribution in [3.05, 3.63) is 29.8 Å². The molecule has 1 aliphatic carbocycles. The highest BCUT2D eigenvalue weighted by atomic mass is 16.3. The summed E-state index contributed by atoms with van der Waals surface area (Å²) in [5.41, 5.74) is 7.09. The molecule has 4 N–H and O–H groups in total. The molecule has 0 aromatic heterocycles. The second-order valence-electron chi connectivity index (χ2n) is 5.26. The van der Waals surface area contributed by atoms with Crippen LogP contribution >= 0.6 is 0 Å². The van der Waals surface area contributed by atoms with Crippen LogP contribution in [0.4, 0.5) is 0 Å². The van der Waals surface area contributed by atoms with Crippen LogP contribution in [0.5, 0.6) is 5.75 Å². The topological polar surface area (TPSA) is 75.4 Å². The van der Waals surface area contributed by atoms with E-state index >= 15 is 0 Å². The Bertz CT molecular complexity index is 417. The predicted molar refractivity (Wildman–Crippen MR) is 74.8 cm³/mol. The minimum Gasteiger partial charge on any atom is -0.508 e. The summed E-state index contributed by atoms with van der Waals surface area (Å²) in [6.07, 6.45) is 4.87. The van der Waals surface area contributed by atoms with Gasteiger partial charge in [0.25, 0.3) is 0 Å². The Kier molecular flexibility index (Phi) is 4.80. The molecule has 19 heavy (non-hydrogen) atoms. The largest absolute Gasteiger partial charge is 0.508 e. The smallest absolute Gasteiger partial charge is 0.224 e. The number of hydrogen-bond donors (Lipinski definition) is 3. The number of hydrogen-bond acceptors (Lipinski definition) is 3. The average molecular weight is 262 g/mol. The van der Waals surface area contributed by atoms with E-state index in [0.29, 0.717) is 6.54 Å². The Morgan fingerprint density at radius 1 is 1.26 bits per heavy atom.